The van der Waals surface area contributed by atoms with E-state index in [2.05, 4.69) is 20.9 Å². The Bertz CT molecular complexity index is 1370. The van der Waals surface area contributed by atoms with Crippen LogP contribution in [0, 0.1) is 0 Å². The van der Waals surface area contributed by atoms with Crippen molar-refractivity contribution in [3.8, 4) is 0 Å². The molecule has 0 aliphatic carbocycles. The number of amides is 4. The summed E-state index contributed by atoms with van der Waals surface area (Å²) in [6, 6.07) is 0. The molecule has 0 aliphatic heterocycles. The Morgan fingerprint density at radius 3 is 1.55 bits per heavy atom. The molecule has 19 nitrogen and oxygen atoms in total. The van der Waals surface area contributed by atoms with E-state index in [-0.39, 0.29) is 74.8 Å². The molecule has 10 N–H and O–H groups in total. The van der Waals surface area contributed by atoms with Gasteiger partial charge in [0, 0.05) is 111 Å². The number of nitrogens with one attached hydrogen (secondary N) is 3. The zero-order valence-electron chi connectivity index (χ0n) is 32.5. The number of hydrogen-bond acceptors (Lipinski definition) is 15. The van der Waals surface area contributed by atoms with Gasteiger partial charge in [0.05, 0.1) is 0 Å². The molecule has 0 aromatic heterocycles. The van der Waals surface area contributed by atoms with Crippen molar-refractivity contribution in [3.63, 3.8) is 0 Å². The minimum atomic E-state index is -0.561. The van der Waals surface area contributed by atoms with Crippen molar-refractivity contribution in [2.24, 2.45) is 11.5 Å². The fourth-order valence-electron chi connectivity index (χ4n) is 5.62. The van der Waals surface area contributed by atoms with Gasteiger partial charge in [-0.1, -0.05) is 12.8 Å². The molecule has 1 aromatic carbocycles. The third-order valence-corrected chi connectivity index (χ3v) is 8.95. The highest BCUT2D eigenvalue weighted by Crippen LogP contribution is 2.14. The molecule has 0 fully saturated rings. The van der Waals surface area contributed by atoms with Crippen LogP contribution in [0.5, 0.6) is 0 Å². The Kier molecular flexibility index (Phi) is 26.1. The number of carbonyl (C=O) groups excluding carboxylic acids is 5. The summed E-state index contributed by atoms with van der Waals surface area (Å²) in [5.41, 5.74) is 10.6. The van der Waals surface area contributed by atoms with Crippen molar-refractivity contribution in [2.45, 2.75) is 103 Å². The second-order valence-corrected chi connectivity index (χ2v) is 13.5. The SMILES string of the molecule is CC(=O)N(O)CCCCCNC(=O)CCC(=O)N(O)CCCCCCC(=O)CCC(=O)N(O)CCCCCNc1c(NCCN(CCN)CCN)c(=O)c1=O. The zero-order chi connectivity index (χ0) is 41.0. The molecule has 314 valence electrons. The number of Topliss-reactive ketones (excluding diaryl/α,β-unsaturated/α-hetero) is 1. The highest BCUT2D eigenvalue weighted by molar-refractivity contribution is 5.84. The molecular weight excluding hydrogens is 718 g/mol. The molecule has 0 saturated heterocycles. The maximum atomic E-state index is 12.3. The molecule has 0 heterocycles. The molecule has 1 aromatic rings. The number of nitrogens with two attached hydrogens (primary N) is 2. The van der Waals surface area contributed by atoms with E-state index in [0.717, 1.165) is 0 Å². The van der Waals surface area contributed by atoms with Crippen LogP contribution >= 0.6 is 0 Å². The van der Waals surface area contributed by atoms with E-state index in [0.29, 0.717) is 132 Å². The van der Waals surface area contributed by atoms with E-state index in [9.17, 15) is 49.2 Å². The monoisotopic (exact) mass is 783 g/mol. The maximum absolute atomic E-state index is 12.3. The number of nitrogens with zero attached hydrogens (tertiary/aromatic N) is 4. The summed E-state index contributed by atoms with van der Waals surface area (Å²) >= 11 is 0. The molecule has 55 heavy (non-hydrogen) atoms. The number of hydroxylamine groups is 6. The molecular formula is C36H65N9O10. The Morgan fingerprint density at radius 1 is 0.527 bits per heavy atom. The summed E-state index contributed by atoms with van der Waals surface area (Å²) in [6.07, 6.45) is 6.26. The average Bonchev–Trinajstić information content (AvgIpc) is 3.16. The predicted octanol–water partition coefficient (Wildman–Crippen LogP) is 0.536. The summed E-state index contributed by atoms with van der Waals surface area (Å²) in [5, 5.41) is 39.9. The summed E-state index contributed by atoms with van der Waals surface area (Å²) in [5.74, 6) is -1.92. The van der Waals surface area contributed by atoms with Gasteiger partial charge < -0.3 is 27.4 Å². The third-order valence-electron chi connectivity index (χ3n) is 8.95. The first kappa shape index (κ1) is 49.0. The number of rotatable bonds is 34. The smallest absolute Gasteiger partial charge is 0.253 e. The third kappa shape index (κ3) is 21.6. The van der Waals surface area contributed by atoms with Crippen LogP contribution in [0.3, 0.4) is 0 Å². The van der Waals surface area contributed by atoms with Crippen molar-refractivity contribution in [1.82, 2.24) is 25.4 Å². The number of ketones is 1. The van der Waals surface area contributed by atoms with Crippen molar-refractivity contribution < 1.29 is 39.6 Å². The van der Waals surface area contributed by atoms with Gasteiger partial charge in [-0.15, -0.1) is 0 Å². The van der Waals surface area contributed by atoms with E-state index < -0.39 is 28.6 Å². The van der Waals surface area contributed by atoms with Gasteiger partial charge in [0.15, 0.2) is 0 Å². The summed E-state index contributed by atoms with van der Waals surface area (Å²) in [4.78, 5) is 85.6. The fourth-order valence-corrected chi connectivity index (χ4v) is 5.62. The predicted molar refractivity (Wildman–Crippen MR) is 206 cm³/mol. The minimum Gasteiger partial charge on any atom is -0.380 e. The van der Waals surface area contributed by atoms with Gasteiger partial charge >= 0.3 is 0 Å². The standard InChI is InChI=1S/C36H65N9O10/c1-28(46)43(53)22-10-4-7-19-39-30(48)14-16-32(50)45(55)23-9-3-2-6-12-29(47)13-15-31(49)44(54)24-11-5-8-20-40-33-34(36(52)35(33)51)41-21-27-42(25-17-37)26-18-38/h40-41,53-55H,2-27,37-38H2,1H3,(H,39,48). The van der Waals surface area contributed by atoms with Crippen LogP contribution in [-0.4, -0.2) is 137 Å². The molecule has 0 atom stereocenters. The lowest BCUT2D eigenvalue weighted by Crippen LogP contribution is -2.40. The molecule has 4 amide bonds. The number of unbranched alkanes of at least 4 members (excludes halogenated alkanes) is 7. The highest BCUT2D eigenvalue weighted by atomic mass is 16.5. The summed E-state index contributed by atoms with van der Waals surface area (Å²) in [6.45, 7) is 6.01. The van der Waals surface area contributed by atoms with E-state index in [1.54, 1.807) is 0 Å². The number of carbonyl (C=O) groups is 5. The van der Waals surface area contributed by atoms with Crippen molar-refractivity contribution in [3.05, 3.63) is 20.4 Å². The second kappa shape index (κ2) is 29.3. The lowest BCUT2D eigenvalue weighted by atomic mass is 10.1. The first-order valence-electron chi connectivity index (χ1n) is 19.5. The molecule has 1 rings (SSSR count). The molecule has 0 spiro atoms. The van der Waals surface area contributed by atoms with Gasteiger partial charge in [-0.2, -0.15) is 0 Å². The Hall–Kier alpha value is -4.01. The van der Waals surface area contributed by atoms with Crippen molar-refractivity contribution >= 4 is 40.8 Å². The van der Waals surface area contributed by atoms with Gasteiger partial charge in [-0.25, -0.2) is 15.2 Å². The second-order valence-electron chi connectivity index (χ2n) is 13.5. The Balaban J connectivity index is 2.08. The van der Waals surface area contributed by atoms with E-state index in [1.165, 1.54) is 6.92 Å². The average molecular weight is 784 g/mol. The molecule has 0 bridgehead atoms. The van der Waals surface area contributed by atoms with Crippen LogP contribution in [0.15, 0.2) is 9.59 Å². The molecule has 0 unspecified atom stereocenters. The molecule has 0 saturated carbocycles. The summed E-state index contributed by atoms with van der Waals surface area (Å²) < 4.78 is 0. The van der Waals surface area contributed by atoms with Crippen LogP contribution in [0.2, 0.25) is 0 Å². The number of anilines is 2. The van der Waals surface area contributed by atoms with Crippen LogP contribution in [0.4, 0.5) is 11.4 Å². The normalized spacial score (nSPS) is 11.1. The van der Waals surface area contributed by atoms with Gasteiger partial charge in [-0.05, 0) is 51.4 Å². The molecule has 0 radical (unpaired) electrons. The van der Waals surface area contributed by atoms with E-state index >= 15 is 0 Å². The first-order chi connectivity index (χ1) is 26.3. The van der Waals surface area contributed by atoms with Gasteiger partial charge in [0.25, 0.3) is 10.9 Å². The van der Waals surface area contributed by atoms with Crippen LogP contribution in [-0.2, 0) is 24.0 Å². The largest absolute Gasteiger partial charge is 0.380 e. The Labute approximate surface area is 323 Å². The first-order valence-corrected chi connectivity index (χ1v) is 19.5. The van der Waals surface area contributed by atoms with E-state index in [1.807, 2.05) is 0 Å². The molecule has 0 aliphatic rings. The van der Waals surface area contributed by atoms with E-state index in [4.69, 9.17) is 11.5 Å². The maximum Gasteiger partial charge on any atom is 0.253 e. The van der Waals surface area contributed by atoms with Gasteiger partial charge in [0.2, 0.25) is 23.6 Å². The molecule has 19 heteroatoms. The zero-order valence-corrected chi connectivity index (χ0v) is 32.5. The van der Waals surface area contributed by atoms with Gasteiger partial charge in [-0.3, -0.25) is 54.1 Å². The quantitative estimate of drug-likeness (QED) is 0.0205. The van der Waals surface area contributed by atoms with Crippen LogP contribution in [0.25, 0.3) is 0 Å². The lowest BCUT2D eigenvalue weighted by molar-refractivity contribution is -0.166. The van der Waals surface area contributed by atoms with Crippen molar-refractivity contribution in [2.75, 3.05) is 82.6 Å². The lowest BCUT2D eigenvalue weighted by Gasteiger charge is -2.22. The number of hydrogen-bond donors (Lipinski definition) is 8. The summed E-state index contributed by atoms with van der Waals surface area (Å²) in [7, 11) is 0. The van der Waals surface area contributed by atoms with Crippen molar-refractivity contribution in [1.29, 1.82) is 0 Å². The fraction of sp³-hybridized carbons (Fsp3) is 0.750. The Morgan fingerprint density at radius 2 is 1.00 bits per heavy atom. The van der Waals surface area contributed by atoms with Crippen LogP contribution < -0.4 is 38.3 Å². The highest BCUT2D eigenvalue weighted by Gasteiger charge is 2.20. The van der Waals surface area contributed by atoms with Crippen LogP contribution in [0.1, 0.15) is 103 Å². The van der Waals surface area contributed by atoms with Gasteiger partial charge in [0.1, 0.15) is 17.2 Å². The minimum absolute atomic E-state index is 0.0200. The topological polar surface area (TPSA) is 281 Å².